The first kappa shape index (κ1) is 15.3. The summed E-state index contributed by atoms with van der Waals surface area (Å²) in [6.07, 6.45) is 11.5. The molecule has 1 fully saturated rings. The smallest absolute Gasteiger partial charge is 0.141 e. The molecule has 25 heavy (non-hydrogen) atoms. The maximum Gasteiger partial charge on any atom is 0.141 e. The van der Waals surface area contributed by atoms with E-state index in [2.05, 4.69) is 23.2 Å². The lowest BCUT2D eigenvalue weighted by Gasteiger charge is -2.20. The van der Waals surface area contributed by atoms with Crippen LogP contribution in [0.15, 0.2) is 12.4 Å². The summed E-state index contributed by atoms with van der Waals surface area (Å²) in [5.74, 6) is 2.75. The summed E-state index contributed by atoms with van der Waals surface area (Å²) in [5, 5.41) is 5.62. The Labute approximate surface area is 151 Å². The van der Waals surface area contributed by atoms with Crippen LogP contribution in [0.5, 0.6) is 0 Å². The number of rotatable bonds is 4. The van der Waals surface area contributed by atoms with Crippen LogP contribution in [0.2, 0.25) is 0 Å². The summed E-state index contributed by atoms with van der Waals surface area (Å²) in [6, 6.07) is 0. The highest BCUT2D eigenvalue weighted by atomic mass is 32.1. The molecule has 2 aliphatic carbocycles. The molecule has 3 heterocycles. The average Bonchev–Trinajstić information content (AvgIpc) is 3.28. The lowest BCUT2D eigenvalue weighted by Crippen LogP contribution is -2.19. The van der Waals surface area contributed by atoms with Crippen LogP contribution in [-0.2, 0) is 26.4 Å². The molecule has 130 valence electrons. The first-order valence-electron chi connectivity index (χ1n) is 9.20. The molecule has 0 saturated heterocycles. The third-order valence-corrected chi connectivity index (χ3v) is 6.48. The van der Waals surface area contributed by atoms with Crippen LogP contribution >= 0.6 is 11.3 Å². The Kier molecular flexibility index (Phi) is 3.55. The lowest BCUT2D eigenvalue weighted by atomic mass is 9.97. The van der Waals surface area contributed by atoms with E-state index in [1.54, 1.807) is 4.88 Å². The minimum atomic E-state index is 0.578. The number of fused-ring (bicyclic) bond motifs is 3. The van der Waals surface area contributed by atoms with Crippen molar-refractivity contribution in [1.82, 2.24) is 19.7 Å². The van der Waals surface area contributed by atoms with Crippen molar-refractivity contribution in [2.24, 2.45) is 7.05 Å². The number of anilines is 1. The zero-order valence-electron chi connectivity index (χ0n) is 14.8. The van der Waals surface area contributed by atoms with Gasteiger partial charge in [0.15, 0.2) is 0 Å². The third-order valence-electron chi connectivity index (χ3n) is 5.30. The highest BCUT2D eigenvalue weighted by Gasteiger charge is 2.30. The fraction of sp³-hybridized carbons (Fsp3) is 0.526. The summed E-state index contributed by atoms with van der Waals surface area (Å²) >= 11 is 1.91. The van der Waals surface area contributed by atoms with Crippen molar-refractivity contribution in [1.29, 1.82) is 0 Å². The molecule has 0 N–H and O–H groups in total. The summed E-state index contributed by atoms with van der Waals surface area (Å²) in [4.78, 5) is 15.0. The molecule has 6 heteroatoms. The number of hydrogen-bond donors (Lipinski definition) is 0. The molecule has 0 aromatic carbocycles. The van der Waals surface area contributed by atoms with Crippen LogP contribution in [0.4, 0.5) is 5.82 Å². The van der Waals surface area contributed by atoms with Gasteiger partial charge in [-0.05, 0) is 44.1 Å². The van der Waals surface area contributed by atoms with E-state index >= 15 is 0 Å². The highest BCUT2D eigenvalue weighted by molar-refractivity contribution is 7.19. The van der Waals surface area contributed by atoms with Crippen LogP contribution in [0.3, 0.4) is 0 Å². The first-order chi connectivity index (χ1) is 12.2. The molecule has 5 rings (SSSR count). The Bertz CT molecular complexity index is 937. The third kappa shape index (κ3) is 2.72. The Morgan fingerprint density at radius 2 is 2.08 bits per heavy atom. The van der Waals surface area contributed by atoms with Gasteiger partial charge in [-0.1, -0.05) is 0 Å². The van der Waals surface area contributed by atoms with Gasteiger partial charge in [0.05, 0.1) is 11.6 Å². The van der Waals surface area contributed by atoms with E-state index in [-0.39, 0.29) is 0 Å². The van der Waals surface area contributed by atoms with Crippen LogP contribution in [0.25, 0.3) is 10.2 Å². The van der Waals surface area contributed by atoms with Crippen LogP contribution in [0, 0.1) is 0 Å². The minimum Gasteiger partial charge on any atom is -0.355 e. The molecule has 0 aliphatic heterocycles. The van der Waals surface area contributed by atoms with Gasteiger partial charge in [0, 0.05) is 43.2 Å². The van der Waals surface area contributed by atoms with Gasteiger partial charge in [-0.25, -0.2) is 9.97 Å². The number of aryl methyl sites for hydroxylation is 3. The van der Waals surface area contributed by atoms with Gasteiger partial charge in [-0.3, -0.25) is 4.68 Å². The van der Waals surface area contributed by atoms with Crippen molar-refractivity contribution >= 4 is 27.4 Å². The number of nitrogens with zero attached hydrogens (tertiary/aromatic N) is 5. The van der Waals surface area contributed by atoms with Crippen molar-refractivity contribution in [3.05, 3.63) is 34.2 Å². The van der Waals surface area contributed by atoms with Crippen molar-refractivity contribution in [3.8, 4) is 0 Å². The largest absolute Gasteiger partial charge is 0.355 e. The Morgan fingerprint density at radius 3 is 2.84 bits per heavy atom. The standard InChI is InChI=1S/C19H23N5S/c1-23(10-12-9-20-24(2)11-12)18-16-14-5-3-4-6-15(14)25-19(16)22-17(21-18)13-7-8-13/h9,11,13H,3-8,10H2,1-2H3. The van der Waals surface area contributed by atoms with Gasteiger partial charge in [-0.2, -0.15) is 5.10 Å². The zero-order valence-corrected chi connectivity index (χ0v) is 15.6. The lowest BCUT2D eigenvalue weighted by molar-refractivity contribution is 0.700. The first-order valence-corrected chi connectivity index (χ1v) is 10.0. The maximum absolute atomic E-state index is 5.04. The van der Waals surface area contributed by atoms with Crippen LogP contribution in [-0.4, -0.2) is 26.8 Å². The van der Waals surface area contributed by atoms with Crippen LogP contribution in [0.1, 0.15) is 53.4 Å². The van der Waals surface area contributed by atoms with E-state index in [9.17, 15) is 0 Å². The monoisotopic (exact) mass is 353 g/mol. The minimum absolute atomic E-state index is 0.578. The SMILES string of the molecule is CN(Cc1cnn(C)c1)c1nc(C2CC2)nc2sc3c(c12)CCCC3. The van der Waals surface area contributed by atoms with Gasteiger partial charge < -0.3 is 4.90 Å². The summed E-state index contributed by atoms with van der Waals surface area (Å²) < 4.78 is 1.86. The molecule has 0 bridgehead atoms. The number of aromatic nitrogens is 4. The highest BCUT2D eigenvalue weighted by Crippen LogP contribution is 2.44. The molecule has 0 atom stereocenters. The van der Waals surface area contributed by atoms with E-state index in [1.807, 2.05) is 29.3 Å². The number of hydrogen-bond acceptors (Lipinski definition) is 5. The zero-order chi connectivity index (χ0) is 17.0. The fourth-order valence-corrected chi connectivity index (χ4v) is 5.12. The topological polar surface area (TPSA) is 46.8 Å². The Hall–Kier alpha value is -1.95. The fourth-order valence-electron chi connectivity index (χ4n) is 3.86. The van der Waals surface area contributed by atoms with E-state index in [0.29, 0.717) is 5.92 Å². The van der Waals surface area contributed by atoms with Crippen molar-refractivity contribution in [2.45, 2.75) is 51.0 Å². The maximum atomic E-state index is 5.04. The van der Waals surface area contributed by atoms with Crippen LogP contribution < -0.4 is 4.90 Å². The predicted octanol–water partition coefficient (Wildman–Crippen LogP) is 3.82. The van der Waals surface area contributed by atoms with Crippen molar-refractivity contribution in [2.75, 3.05) is 11.9 Å². The van der Waals surface area contributed by atoms with Gasteiger partial charge in [-0.15, -0.1) is 11.3 Å². The second kappa shape index (κ2) is 5.80. The second-order valence-corrected chi connectivity index (χ2v) is 8.53. The van der Waals surface area contributed by atoms with E-state index in [0.717, 1.165) is 18.2 Å². The molecule has 3 aromatic heterocycles. The van der Waals surface area contributed by atoms with Gasteiger partial charge in [0.1, 0.15) is 16.5 Å². The van der Waals surface area contributed by atoms with E-state index in [4.69, 9.17) is 9.97 Å². The van der Waals surface area contributed by atoms with Crippen molar-refractivity contribution < 1.29 is 0 Å². The molecular formula is C19H23N5S. The molecule has 0 amide bonds. The molecule has 1 saturated carbocycles. The molecule has 0 radical (unpaired) electrons. The van der Waals surface area contributed by atoms with E-state index in [1.165, 1.54) is 59.9 Å². The number of thiophene rings is 1. The Morgan fingerprint density at radius 1 is 1.24 bits per heavy atom. The van der Waals surface area contributed by atoms with Crippen molar-refractivity contribution in [3.63, 3.8) is 0 Å². The molecule has 3 aromatic rings. The molecular weight excluding hydrogens is 330 g/mol. The normalized spacial score (nSPS) is 17.0. The summed E-state index contributed by atoms with van der Waals surface area (Å²) in [7, 11) is 4.12. The molecule has 2 aliphatic rings. The predicted molar refractivity (Wildman–Crippen MR) is 101 cm³/mol. The average molecular weight is 353 g/mol. The summed E-state index contributed by atoms with van der Waals surface area (Å²) in [6.45, 7) is 0.828. The van der Waals surface area contributed by atoms with Gasteiger partial charge in [0.2, 0.25) is 0 Å². The van der Waals surface area contributed by atoms with Gasteiger partial charge in [0.25, 0.3) is 0 Å². The summed E-state index contributed by atoms with van der Waals surface area (Å²) in [5.41, 5.74) is 2.73. The van der Waals surface area contributed by atoms with E-state index < -0.39 is 0 Å². The quantitative estimate of drug-likeness (QED) is 0.715. The Balaban J connectivity index is 1.62. The second-order valence-electron chi connectivity index (χ2n) is 7.45. The molecule has 5 nitrogen and oxygen atoms in total. The van der Waals surface area contributed by atoms with Gasteiger partial charge >= 0.3 is 0 Å². The molecule has 0 unspecified atom stereocenters. The molecule has 0 spiro atoms.